The smallest absolute Gasteiger partial charge is 0.159 e. The Balaban J connectivity index is -0.000000271. The molecule has 0 aliphatic rings. The Labute approximate surface area is 835 Å². The van der Waals surface area contributed by atoms with Crippen molar-refractivity contribution in [2.75, 3.05) is 0 Å². The number of fused-ring (bicyclic) bond motifs is 3. The van der Waals surface area contributed by atoms with Crippen LogP contribution in [0, 0.1) is 0 Å². The minimum atomic E-state index is 0.805. The molecule has 5 nitrogen and oxygen atoms in total. The minimum absolute atomic E-state index is 0.805. The molecule has 0 N–H and O–H groups in total. The van der Waals surface area contributed by atoms with Crippen molar-refractivity contribution < 1.29 is 0 Å². The van der Waals surface area contributed by atoms with Gasteiger partial charge in [0.1, 0.15) is 0 Å². The summed E-state index contributed by atoms with van der Waals surface area (Å²) in [4.78, 5) is 22.1. The number of hydrogen-bond donors (Lipinski definition) is 0. The molecule has 0 bridgehead atoms. The van der Waals surface area contributed by atoms with Crippen molar-refractivity contribution in [2.24, 2.45) is 0 Å². The third-order valence-corrected chi connectivity index (χ3v) is 20.0. The summed E-state index contributed by atoms with van der Waals surface area (Å²) in [6, 6.07) is 87.9. The maximum atomic E-state index is 4.48. The normalized spacial score (nSPS) is 8.96. The van der Waals surface area contributed by atoms with Gasteiger partial charge in [-0.2, -0.15) is 0 Å². The largest absolute Gasteiger partial charge is 0.261 e. The first-order chi connectivity index (χ1) is 66.3. The van der Waals surface area contributed by atoms with Gasteiger partial charge in [-0.15, -0.1) is 0 Å². The van der Waals surface area contributed by atoms with E-state index >= 15 is 0 Å². The van der Waals surface area contributed by atoms with Crippen LogP contribution in [0.25, 0.3) is 66.2 Å². The number of nitrogens with zero attached hydrogens (tertiary/aromatic N) is 5. The Bertz CT molecular complexity index is 4130. The van der Waals surface area contributed by atoms with Crippen LogP contribution >= 0.6 is 0 Å². The zero-order valence-electron chi connectivity index (χ0n) is 94.8. The molecule has 0 fully saturated rings. The van der Waals surface area contributed by atoms with Gasteiger partial charge < -0.3 is 0 Å². The van der Waals surface area contributed by atoms with E-state index in [-0.39, 0.29) is 0 Å². The fourth-order valence-electron chi connectivity index (χ4n) is 12.2. The van der Waals surface area contributed by atoms with E-state index in [0.29, 0.717) is 0 Å². The highest BCUT2D eigenvalue weighted by Gasteiger charge is 2.06. The number of benzene rings is 10. The third-order valence-electron chi connectivity index (χ3n) is 20.0. The van der Waals surface area contributed by atoms with Crippen LogP contribution in [0.15, 0.2) is 274 Å². The Morgan fingerprint density at radius 3 is 0.689 bits per heavy atom. The van der Waals surface area contributed by atoms with Gasteiger partial charge in [-0.25, -0.2) is 9.97 Å². The maximum absolute atomic E-state index is 4.48. The molecule has 0 saturated heterocycles. The van der Waals surface area contributed by atoms with Crippen LogP contribution in [0.2, 0.25) is 0 Å². The second kappa shape index (κ2) is 96.6. The lowest BCUT2D eigenvalue weighted by molar-refractivity contribution is 1.04. The molecule has 0 radical (unpaired) electrons. The molecule has 0 unspecified atom stereocenters. The summed E-state index contributed by atoms with van der Waals surface area (Å²) >= 11 is 0. The molecule has 135 heavy (non-hydrogen) atoms. The molecule has 10 aromatic carbocycles. The lowest BCUT2D eigenvalue weighted by atomic mass is 10.0. The standard InChI is InChI=1S/C17H20.C16H18.C15H17N.C14H16N2.C14H16.2C13H15N.14C2H6/c1-3-14-5-9-16(10-6-14)13-17-11-7-15(4-2)8-12-17;1-3-13-5-9-15(10-6-13)16-11-7-14(4-2)8-12-16;1-3-12-5-8-14(9-6-12)15-10-7-13(4-2)11-16-15;1-3-11-5-7-13(8-6-11)14-15-9-12(4-2)10-16-14;1-3-11-5-7-14-10-12(4-2)6-8-13(14)9-11;1-3-10-5-6-12-7-11(4-2)9-14-13(12)8-10;1-3-10-5-6-11-8-13(4-2)14-9-12(11)7-10;14*1-2/h5-12H,3-4,13H2,1-2H3;5-12H,3-4H2,1-2H3;5-11H,3-4H2,1-2H3;5-10H,3-4H2,1-2H3;5-10H,3-4H2,1-2H3;2*5-9H,3-4H2,1-2H3;14*1-2H3. The second-order valence-corrected chi connectivity index (χ2v) is 27.3. The fourth-order valence-corrected chi connectivity index (χ4v) is 12.2. The summed E-state index contributed by atoms with van der Waals surface area (Å²) in [5.41, 5.74) is 28.7. The van der Waals surface area contributed by atoms with Gasteiger partial charge in [0.15, 0.2) is 5.82 Å². The molecule has 5 heteroatoms. The van der Waals surface area contributed by atoms with Gasteiger partial charge in [-0.3, -0.25) is 15.0 Å². The van der Waals surface area contributed by atoms with Crippen LogP contribution in [0.3, 0.4) is 0 Å². The first-order valence-electron chi connectivity index (χ1n) is 53.9. The van der Waals surface area contributed by atoms with E-state index in [2.05, 4.69) is 365 Å². The zero-order valence-corrected chi connectivity index (χ0v) is 94.8. The van der Waals surface area contributed by atoms with Crippen molar-refractivity contribution in [1.29, 1.82) is 0 Å². The molecule has 0 atom stereocenters. The SMILES string of the molecule is CC.CC.CC.CC.CC.CC.CC.CC.CC.CC.CC.CC.CC.CC.CCc1ccc(-c2ccc(CC)cc2)cc1.CCc1ccc(-c2ccc(CC)cn2)cc1.CCc1ccc(-c2ncc(CC)cn2)cc1.CCc1ccc(Cc2ccc(CC)cc2)cc1.CCc1ccc2cc(CC)ccc2c1.CCc1ccc2cc(CC)ncc2c1.CCc1cnc2cc(CC)ccc2c1. The van der Waals surface area contributed by atoms with Crippen molar-refractivity contribution in [3.63, 3.8) is 0 Å². The summed E-state index contributed by atoms with van der Waals surface area (Å²) in [7, 11) is 0. The Morgan fingerprint density at radius 2 is 0.385 bits per heavy atom. The van der Waals surface area contributed by atoms with Gasteiger partial charge in [0.05, 0.1) is 11.2 Å². The Kier molecular flexibility index (Phi) is 98.4. The monoisotopic (exact) mass is 1830 g/mol. The number of aryl methyl sites for hydroxylation is 14. The van der Waals surface area contributed by atoms with E-state index < -0.39 is 0 Å². The molecule has 0 saturated carbocycles. The molecule has 4 aromatic heterocycles. The predicted molar refractivity (Wildman–Crippen MR) is 622 cm³/mol. The van der Waals surface area contributed by atoms with E-state index in [1.807, 2.05) is 225 Å². The average molecular weight is 1830 g/mol. The Morgan fingerprint density at radius 1 is 0.148 bits per heavy atom. The first-order valence-corrected chi connectivity index (χ1v) is 53.9. The average Bonchev–Trinajstić information content (AvgIpc) is 0.835. The van der Waals surface area contributed by atoms with Crippen LogP contribution in [0.1, 0.15) is 380 Å². The summed E-state index contributed by atoms with van der Waals surface area (Å²) < 4.78 is 0. The van der Waals surface area contributed by atoms with E-state index in [1.54, 1.807) is 0 Å². The van der Waals surface area contributed by atoms with Gasteiger partial charge >= 0.3 is 0 Å². The quantitative estimate of drug-likeness (QED) is 0.0807. The number of aromatic nitrogens is 5. The number of pyridine rings is 3. The first kappa shape index (κ1) is 138. The summed E-state index contributed by atoms with van der Waals surface area (Å²) in [6.45, 7) is 86.4. The Hall–Kier alpha value is -10.5. The van der Waals surface area contributed by atoms with Gasteiger partial charge in [-0.05, 0) is 237 Å². The minimum Gasteiger partial charge on any atom is -0.261 e. The van der Waals surface area contributed by atoms with Crippen LogP contribution in [-0.2, 0) is 96.3 Å². The molecule has 0 aliphatic heterocycles. The van der Waals surface area contributed by atoms with Gasteiger partial charge in [0.25, 0.3) is 0 Å². The van der Waals surface area contributed by atoms with Gasteiger partial charge in [0, 0.05) is 58.6 Å². The maximum Gasteiger partial charge on any atom is 0.159 e. The van der Waals surface area contributed by atoms with Crippen molar-refractivity contribution in [1.82, 2.24) is 24.9 Å². The number of rotatable bonds is 19. The van der Waals surface area contributed by atoms with Crippen molar-refractivity contribution in [3.8, 4) is 33.8 Å². The molecular formula is C130H201N5. The highest BCUT2D eigenvalue weighted by molar-refractivity contribution is 5.84. The summed E-state index contributed by atoms with van der Waals surface area (Å²) in [6.07, 6.45) is 25.8. The molecule has 0 amide bonds. The van der Waals surface area contributed by atoms with E-state index in [9.17, 15) is 0 Å². The predicted octanol–water partition coefficient (Wildman–Crippen LogP) is 41.1. The number of hydrogen-bond acceptors (Lipinski definition) is 5. The molecule has 14 rings (SSSR count). The molecule has 0 spiro atoms. The van der Waals surface area contributed by atoms with Gasteiger partial charge in [-0.1, -0.05) is 503 Å². The topological polar surface area (TPSA) is 64.5 Å². The molecule has 4 heterocycles. The summed E-state index contributed by atoms with van der Waals surface area (Å²) in [5.74, 6) is 0.805. The van der Waals surface area contributed by atoms with Crippen LogP contribution in [-0.4, -0.2) is 24.9 Å². The molecular weight excluding hydrogens is 1630 g/mol. The van der Waals surface area contributed by atoms with Crippen LogP contribution in [0.4, 0.5) is 0 Å². The highest BCUT2D eigenvalue weighted by Crippen LogP contribution is 2.25. The van der Waals surface area contributed by atoms with E-state index in [1.165, 1.54) is 133 Å². The summed E-state index contributed by atoms with van der Waals surface area (Å²) in [5, 5.41) is 6.53. The van der Waals surface area contributed by atoms with Crippen molar-refractivity contribution >= 4 is 32.4 Å². The zero-order chi connectivity index (χ0) is 104. The second-order valence-electron chi connectivity index (χ2n) is 27.3. The van der Waals surface area contributed by atoms with E-state index in [4.69, 9.17) is 0 Å². The van der Waals surface area contributed by atoms with Crippen LogP contribution in [0.5, 0.6) is 0 Å². The highest BCUT2D eigenvalue weighted by atomic mass is 14.9. The van der Waals surface area contributed by atoms with Crippen molar-refractivity contribution in [3.05, 3.63) is 363 Å². The van der Waals surface area contributed by atoms with E-state index in [0.717, 1.165) is 119 Å². The van der Waals surface area contributed by atoms with Gasteiger partial charge in [0.2, 0.25) is 0 Å². The lowest BCUT2D eigenvalue weighted by Crippen LogP contribution is -1.91. The van der Waals surface area contributed by atoms with Crippen LogP contribution < -0.4 is 0 Å². The molecule has 14 aromatic rings. The molecule has 746 valence electrons. The van der Waals surface area contributed by atoms with Crippen molar-refractivity contribution in [2.45, 2.75) is 387 Å². The third kappa shape index (κ3) is 56.6. The fraction of sp³-hybridized carbons (Fsp3) is 0.438. The molecule has 0 aliphatic carbocycles. The lowest BCUT2D eigenvalue weighted by Gasteiger charge is -2.04.